The number of nitrogens with two attached hydrogens (primary N) is 1. The quantitative estimate of drug-likeness (QED) is 0.268. The van der Waals surface area contributed by atoms with Crippen molar-refractivity contribution in [3.05, 3.63) is 0 Å². The number of aliphatic hydroxyl groups is 4. The maximum Gasteiger partial charge on any atom is 0.282 e. The molecule has 0 bridgehead atoms. The number of aliphatic hydroxyl groups excluding tert-OH is 4. The molecular formula is C6H14ClNO8. The van der Waals surface area contributed by atoms with E-state index in [4.69, 9.17) is 34.7 Å². The topological polar surface area (TPSA) is 183 Å². The van der Waals surface area contributed by atoms with Crippen molar-refractivity contribution in [2.75, 3.05) is 6.61 Å². The Labute approximate surface area is 93.7 Å². The summed E-state index contributed by atoms with van der Waals surface area (Å²) in [5.41, 5.74) is 5.26. The maximum absolute atomic E-state index is 9.20. The van der Waals surface area contributed by atoms with Gasteiger partial charge in [0.2, 0.25) is 0 Å². The van der Waals surface area contributed by atoms with E-state index >= 15 is 0 Å². The fourth-order valence-corrected chi connectivity index (χ4v) is 1.12. The van der Waals surface area contributed by atoms with Crippen LogP contribution in [0.1, 0.15) is 0 Å². The van der Waals surface area contributed by atoms with Gasteiger partial charge in [-0.1, -0.05) is 0 Å². The molecule has 7 N–H and O–H groups in total. The van der Waals surface area contributed by atoms with Gasteiger partial charge >= 0.3 is 0 Å². The molecule has 5 atom stereocenters. The second-order valence-electron chi connectivity index (χ2n) is 3.01. The van der Waals surface area contributed by atoms with E-state index in [0.29, 0.717) is 0 Å². The Morgan fingerprint density at radius 1 is 1.19 bits per heavy atom. The fourth-order valence-electron chi connectivity index (χ4n) is 1.12. The molecule has 1 aliphatic heterocycles. The first-order valence-electron chi connectivity index (χ1n) is 4.11. The second-order valence-corrected chi connectivity index (χ2v) is 3.41. The molecule has 98 valence electrons. The Hall–Kier alpha value is -0.0700. The molecule has 0 amide bonds. The van der Waals surface area contributed by atoms with Gasteiger partial charge < -0.3 is 40.2 Å². The molecule has 1 fully saturated rings. The summed E-state index contributed by atoms with van der Waals surface area (Å²) in [6.45, 7) is -0.470. The lowest BCUT2D eigenvalue weighted by atomic mass is 9.98. The molecular weight excluding hydrogens is 250 g/mol. The van der Waals surface area contributed by atoms with Crippen LogP contribution < -0.4 is 15.1 Å². The molecule has 1 rings (SSSR count). The Balaban J connectivity index is 0.000000487. The monoisotopic (exact) mass is 263 g/mol. The van der Waals surface area contributed by atoms with E-state index in [0.717, 1.165) is 0 Å². The van der Waals surface area contributed by atoms with Crippen LogP contribution >= 0.6 is 0 Å². The van der Waals surface area contributed by atoms with Crippen molar-refractivity contribution >= 4 is 0 Å². The van der Waals surface area contributed by atoms with Crippen LogP contribution in [-0.4, -0.2) is 62.3 Å². The number of halogens is 1. The van der Waals surface area contributed by atoms with Gasteiger partial charge in [-0.05, 0) is 0 Å². The largest absolute Gasteiger partial charge is 0.394 e. The lowest BCUT2D eigenvalue weighted by molar-refractivity contribution is -1.63. The highest BCUT2D eigenvalue weighted by Gasteiger charge is 2.41. The van der Waals surface area contributed by atoms with Gasteiger partial charge in [0.25, 0.3) is 10.8 Å². The van der Waals surface area contributed by atoms with Gasteiger partial charge in [-0.3, -0.25) is 0 Å². The molecule has 1 aliphatic rings. The third-order valence-electron chi connectivity index (χ3n) is 1.95. The van der Waals surface area contributed by atoms with Crippen LogP contribution in [0.3, 0.4) is 0 Å². The molecule has 0 aromatic rings. The van der Waals surface area contributed by atoms with Gasteiger partial charge in [-0.15, -0.1) is 0 Å². The molecule has 0 radical (unpaired) electrons. The summed E-state index contributed by atoms with van der Waals surface area (Å²) in [6, 6.07) is -1.04. The zero-order valence-corrected chi connectivity index (χ0v) is 8.77. The van der Waals surface area contributed by atoms with Crippen molar-refractivity contribution in [2.45, 2.75) is 30.6 Å². The molecule has 10 heteroatoms. The first-order chi connectivity index (χ1) is 7.31. The van der Waals surface area contributed by atoms with Gasteiger partial charge in [-0.2, -0.15) is 0 Å². The molecule has 1 heterocycles. The Morgan fingerprint density at radius 3 is 2.00 bits per heavy atom. The van der Waals surface area contributed by atoms with E-state index in [2.05, 4.69) is 0 Å². The maximum atomic E-state index is 9.20. The Bertz CT molecular complexity index is 188. The minimum Gasteiger partial charge on any atom is -0.394 e. The van der Waals surface area contributed by atoms with Crippen LogP contribution in [0.5, 0.6) is 0 Å². The van der Waals surface area contributed by atoms with E-state index in [1.165, 1.54) is 0 Å². The fraction of sp³-hybridized carbons (Fsp3) is 1.00. The highest BCUT2D eigenvalue weighted by Crippen LogP contribution is 2.17. The molecule has 16 heavy (non-hydrogen) atoms. The van der Waals surface area contributed by atoms with Crippen LogP contribution in [0.2, 0.25) is 0 Å². The Kier molecular flexibility index (Phi) is 7.26. The number of ether oxygens (including phenoxy) is 1. The summed E-state index contributed by atoms with van der Waals surface area (Å²) in [7, 11) is -2.60. The molecule has 0 aromatic carbocycles. The van der Waals surface area contributed by atoms with Crippen LogP contribution in [0.25, 0.3) is 0 Å². The van der Waals surface area contributed by atoms with E-state index in [1.54, 1.807) is 0 Å². The predicted molar refractivity (Wildman–Crippen MR) is 40.2 cm³/mol. The molecule has 0 spiro atoms. The predicted octanol–water partition coefficient (Wildman–Crippen LogP) is -6.19. The summed E-state index contributed by atoms with van der Waals surface area (Å²) in [5, 5.41) is 36.1. The normalized spacial score (nSPS) is 39.2. The van der Waals surface area contributed by atoms with E-state index < -0.39 is 48.0 Å². The molecule has 0 saturated carbocycles. The van der Waals surface area contributed by atoms with Crippen molar-refractivity contribution < 1.29 is 49.9 Å². The molecule has 1 unspecified atom stereocenters. The number of hydrogen-bond acceptors (Lipinski definition) is 9. The van der Waals surface area contributed by atoms with Gasteiger partial charge in [0.05, 0.1) is 12.6 Å². The standard InChI is InChI=1S/C6H13NO5.ClHO3/c7-3-5(10)4(9)2(1-8)12-6(3)11;2-1(3)4/h2-6,8-11H,1,7H2;2H/t2-,3-,4-,5-,6?;/m1./s1. The third-order valence-corrected chi connectivity index (χ3v) is 1.95. The van der Waals surface area contributed by atoms with Crippen molar-refractivity contribution in [2.24, 2.45) is 5.73 Å². The summed E-state index contributed by atoms with van der Waals surface area (Å²) in [4.78, 5) is 0. The van der Waals surface area contributed by atoms with Crippen LogP contribution in [0.4, 0.5) is 0 Å². The van der Waals surface area contributed by atoms with Gasteiger partial charge in [0, 0.05) is 4.66 Å². The summed E-state index contributed by atoms with van der Waals surface area (Å²) in [6.07, 6.45) is -4.85. The van der Waals surface area contributed by atoms with Gasteiger partial charge in [0.15, 0.2) is 6.29 Å². The van der Waals surface area contributed by atoms with Crippen molar-refractivity contribution in [3.63, 3.8) is 0 Å². The number of hydrogen-bond donors (Lipinski definition) is 6. The summed E-state index contributed by atoms with van der Waals surface area (Å²) < 4.78 is 28.7. The average molecular weight is 264 g/mol. The lowest BCUT2D eigenvalue weighted by Gasteiger charge is -2.38. The minimum absolute atomic E-state index is 0.470. The van der Waals surface area contributed by atoms with Crippen LogP contribution in [0.15, 0.2) is 0 Å². The molecule has 0 aliphatic carbocycles. The van der Waals surface area contributed by atoms with Crippen molar-refractivity contribution in [3.8, 4) is 0 Å². The van der Waals surface area contributed by atoms with Crippen LogP contribution in [-0.2, 0) is 4.74 Å². The Morgan fingerprint density at radius 2 is 1.62 bits per heavy atom. The molecule has 1 saturated heterocycles. The van der Waals surface area contributed by atoms with Gasteiger partial charge in [-0.25, -0.2) is 0 Å². The van der Waals surface area contributed by atoms with Gasteiger partial charge in [0.1, 0.15) is 18.3 Å². The summed E-state index contributed by atoms with van der Waals surface area (Å²) >= 11 is 0. The minimum atomic E-state index is -2.60. The van der Waals surface area contributed by atoms with E-state index in [1.807, 2.05) is 0 Å². The number of rotatable bonds is 1. The third kappa shape index (κ3) is 4.84. The lowest BCUT2D eigenvalue weighted by Crippen LogP contribution is -2.61. The summed E-state index contributed by atoms with van der Waals surface area (Å²) in [5.74, 6) is 0. The van der Waals surface area contributed by atoms with E-state index in [-0.39, 0.29) is 0 Å². The average Bonchev–Trinajstić information content (AvgIpc) is 2.19. The highest BCUT2D eigenvalue weighted by atomic mass is 35.6. The smallest absolute Gasteiger partial charge is 0.282 e. The zero-order valence-electron chi connectivity index (χ0n) is 8.01. The van der Waals surface area contributed by atoms with Crippen LogP contribution in [0, 0.1) is 10.8 Å². The first-order valence-corrected chi connectivity index (χ1v) is 5.07. The van der Waals surface area contributed by atoms with Crippen molar-refractivity contribution in [1.29, 1.82) is 0 Å². The highest BCUT2D eigenvalue weighted by molar-refractivity contribution is 4.90. The second kappa shape index (κ2) is 7.29. The van der Waals surface area contributed by atoms with Crippen molar-refractivity contribution in [1.82, 2.24) is 0 Å². The van der Waals surface area contributed by atoms with E-state index in [9.17, 15) is 10.2 Å². The zero-order chi connectivity index (χ0) is 12.9. The first kappa shape index (κ1) is 15.9. The SMILES string of the molecule is N[C@H]1C(O)O[C@H](CO)[C@@H](O)[C@@H]1O.[O-][Cl+2]([O-])O. The molecule has 9 nitrogen and oxygen atoms in total. The molecule has 0 aromatic heterocycles.